The minimum absolute atomic E-state index is 0.298. The molecule has 0 radical (unpaired) electrons. The Hall–Kier alpha value is -1.01. The quantitative estimate of drug-likeness (QED) is 0.876. The highest BCUT2D eigenvalue weighted by Gasteiger charge is 2.37. The number of halogens is 2. The summed E-state index contributed by atoms with van der Waals surface area (Å²) in [5, 5.41) is 0. The Bertz CT molecular complexity index is 458. The summed E-state index contributed by atoms with van der Waals surface area (Å²) in [5.74, 6) is -5.02. The van der Waals surface area contributed by atoms with Crippen molar-refractivity contribution < 1.29 is 17.2 Å². The van der Waals surface area contributed by atoms with E-state index in [-0.39, 0.29) is 5.56 Å². The Morgan fingerprint density at radius 3 is 2.29 bits per heavy atom. The second-order valence-corrected chi connectivity index (χ2v) is 6.21. The van der Waals surface area contributed by atoms with Gasteiger partial charge in [0, 0.05) is 11.6 Å². The van der Waals surface area contributed by atoms with Gasteiger partial charge < -0.3 is 5.73 Å². The van der Waals surface area contributed by atoms with E-state index in [1.54, 1.807) is 6.07 Å². The summed E-state index contributed by atoms with van der Waals surface area (Å²) in [6.45, 7) is 1.47. The summed E-state index contributed by atoms with van der Waals surface area (Å²) in [6, 6.07) is 6.26. The van der Waals surface area contributed by atoms with Crippen LogP contribution in [-0.2, 0) is 15.8 Å². The van der Waals surface area contributed by atoms with Gasteiger partial charge in [-0.15, -0.1) is 0 Å². The van der Waals surface area contributed by atoms with Crippen LogP contribution in [0.1, 0.15) is 12.5 Å². The molecule has 96 valence electrons. The molecule has 1 aromatic rings. The molecule has 2 N–H and O–H groups in total. The molecule has 0 saturated carbocycles. The van der Waals surface area contributed by atoms with E-state index < -0.39 is 33.3 Å². The van der Waals surface area contributed by atoms with Crippen LogP contribution < -0.4 is 5.73 Å². The van der Waals surface area contributed by atoms with Gasteiger partial charge >= 0.3 is 0 Å². The summed E-state index contributed by atoms with van der Waals surface area (Å²) < 4.78 is 50.3. The number of hydrogen-bond donors (Lipinski definition) is 1. The van der Waals surface area contributed by atoms with Gasteiger partial charge in [0.1, 0.15) is 5.75 Å². The number of rotatable bonds is 5. The average molecular weight is 263 g/mol. The molecule has 17 heavy (non-hydrogen) atoms. The zero-order valence-electron chi connectivity index (χ0n) is 9.44. The standard InChI is InChI=1S/C11H15F2NO2S/c1-9(14)7-17(15,16)8-11(12,13)10-5-3-2-4-6-10/h2-6,9H,7-8,14H2,1H3. The van der Waals surface area contributed by atoms with Crippen molar-refractivity contribution in [2.45, 2.75) is 18.9 Å². The minimum Gasteiger partial charge on any atom is -0.327 e. The number of hydrogen-bond acceptors (Lipinski definition) is 3. The molecule has 1 atom stereocenters. The molecule has 0 aliphatic heterocycles. The third-order valence-electron chi connectivity index (χ3n) is 2.11. The molecule has 0 aliphatic rings. The summed E-state index contributed by atoms with van der Waals surface area (Å²) >= 11 is 0. The third-order valence-corrected chi connectivity index (χ3v) is 3.95. The normalized spacial score (nSPS) is 14.6. The molecular formula is C11H15F2NO2S. The lowest BCUT2D eigenvalue weighted by molar-refractivity contribution is 0.0213. The average Bonchev–Trinajstić information content (AvgIpc) is 2.15. The fourth-order valence-electron chi connectivity index (χ4n) is 1.50. The van der Waals surface area contributed by atoms with Crippen molar-refractivity contribution in [3.05, 3.63) is 35.9 Å². The van der Waals surface area contributed by atoms with Gasteiger partial charge in [-0.2, -0.15) is 0 Å². The lowest BCUT2D eigenvalue weighted by atomic mass is 10.1. The topological polar surface area (TPSA) is 60.2 Å². The fourth-order valence-corrected chi connectivity index (χ4v) is 3.14. The molecule has 3 nitrogen and oxygen atoms in total. The van der Waals surface area contributed by atoms with E-state index in [9.17, 15) is 17.2 Å². The molecule has 0 bridgehead atoms. The molecule has 0 aromatic heterocycles. The third kappa shape index (κ3) is 4.40. The van der Waals surface area contributed by atoms with Gasteiger partial charge in [-0.1, -0.05) is 30.3 Å². The Morgan fingerprint density at radius 1 is 1.29 bits per heavy atom. The first kappa shape index (κ1) is 14.1. The van der Waals surface area contributed by atoms with Crippen LogP contribution in [0.25, 0.3) is 0 Å². The van der Waals surface area contributed by atoms with E-state index in [1.165, 1.54) is 31.2 Å². The fraction of sp³-hybridized carbons (Fsp3) is 0.455. The van der Waals surface area contributed by atoms with Gasteiger partial charge in [0.15, 0.2) is 9.84 Å². The van der Waals surface area contributed by atoms with Crippen LogP contribution in [0, 0.1) is 0 Å². The molecule has 1 aromatic carbocycles. The molecule has 6 heteroatoms. The first-order valence-corrected chi connectivity index (χ1v) is 6.94. The molecule has 0 spiro atoms. The van der Waals surface area contributed by atoms with Crippen LogP contribution >= 0.6 is 0 Å². The summed E-state index contributed by atoms with van der Waals surface area (Å²) in [6.07, 6.45) is 0. The van der Waals surface area contributed by atoms with Crippen molar-refractivity contribution in [3.8, 4) is 0 Å². The van der Waals surface area contributed by atoms with Crippen molar-refractivity contribution in [3.63, 3.8) is 0 Å². The summed E-state index contributed by atoms with van der Waals surface area (Å²) in [7, 11) is -3.86. The summed E-state index contributed by atoms with van der Waals surface area (Å²) in [5.41, 5.74) is 5.01. The van der Waals surface area contributed by atoms with Gasteiger partial charge in [-0.05, 0) is 6.92 Å². The molecule has 0 fully saturated rings. The number of alkyl halides is 2. The van der Waals surface area contributed by atoms with E-state index in [1.807, 2.05) is 0 Å². The second-order valence-electron chi connectivity index (χ2n) is 4.10. The van der Waals surface area contributed by atoms with Gasteiger partial charge in [-0.25, -0.2) is 17.2 Å². The van der Waals surface area contributed by atoms with E-state index in [0.717, 1.165) is 0 Å². The van der Waals surface area contributed by atoms with E-state index >= 15 is 0 Å². The molecule has 1 unspecified atom stereocenters. The monoisotopic (exact) mass is 263 g/mol. The molecular weight excluding hydrogens is 248 g/mol. The highest BCUT2D eigenvalue weighted by molar-refractivity contribution is 7.91. The van der Waals surface area contributed by atoms with Crippen LogP contribution in [-0.4, -0.2) is 26.0 Å². The second kappa shape index (κ2) is 5.10. The maximum absolute atomic E-state index is 13.7. The Balaban J connectivity index is 2.87. The van der Waals surface area contributed by atoms with Crippen LogP contribution in [0.3, 0.4) is 0 Å². The van der Waals surface area contributed by atoms with Gasteiger partial charge in [0.05, 0.1) is 5.75 Å². The van der Waals surface area contributed by atoms with Crippen molar-refractivity contribution >= 4 is 9.84 Å². The SMILES string of the molecule is CC(N)CS(=O)(=O)CC(F)(F)c1ccccc1. The smallest absolute Gasteiger partial charge is 0.287 e. The predicted molar refractivity (Wildman–Crippen MR) is 62.6 cm³/mol. The Labute approximate surface area is 99.6 Å². The van der Waals surface area contributed by atoms with E-state index in [0.29, 0.717) is 0 Å². The predicted octanol–water partition coefficient (Wildman–Crippen LogP) is 1.54. The van der Waals surface area contributed by atoms with E-state index in [4.69, 9.17) is 5.73 Å². The highest BCUT2D eigenvalue weighted by atomic mass is 32.2. The number of nitrogens with two attached hydrogens (primary N) is 1. The van der Waals surface area contributed by atoms with Crippen LogP contribution in [0.15, 0.2) is 30.3 Å². The first-order valence-electron chi connectivity index (χ1n) is 5.12. The Kier molecular flexibility index (Phi) is 4.21. The molecule has 0 saturated heterocycles. The lowest BCUT2D eigenvalue weighted by Gasteiger charge is -2.17. The molecule has 0 heterocycles. The van der Waals surface area contributed by atoms with Gasteiger partial charge in [0.2, 0.25) is 0 Å². The maximum atomic E-state index is 13.7. The summed E-state index contributed by atoms with van der Waals surface area (Å²) in [4.78, 5) is 0. The lowest BCUT2D eigenvalue weighted by Crippen LogP contribution is -2.33. The number of sulfone groups is 1. The van der Waals surface area contributed by atoms with Crippen molar-refractivity contribution in [1.82, 2.24) is 0 Å². The van der Waals surface area contributed by atoms with Crippen LogP contribution in [0.2, 0.25) is 0 Å². The molecule has 0 aliphatic carbocycles. The minimum atomic E-state index is -3.86. The van der Waals surface area contributed by atoms with Crippen molar-refractivity contribution in [1.29, 1.82) is 0 Å². The van der Waals surface area contributed by atoms with Gasteiger partial charge in [0.25, 0.3) is 5.92 Å². The largest absolute Gasteiger partial charge is 0.327 e. The zero-order valence-corrected chi connectivity index (χ0v) is 10.3. The van der Waals surface area contributed by atoms with Crippen molar-refractivity contribution in [2.24, 2.45) is 5.73 Å². The first-order chi connectivity index (χ1) is 7.73. The van der Waals surface area contributed by atoms with Crippen molar-refractivity contribution in [2.75, 3.05) is 11.5 Å². The highest BCUT2D eigenvalue weighted by Crippen LogP contribution is 2.29. The van der Waals surface area contributed by atoms with Gasteiger partial charge in [-0.3, -0.25) is 0 Å². The molecule has 1 rings (SSSR count). The van der Waals surface area contributed by atoms with Crippen LogP contribution in [0.5, 0.6) is 0 Å². The maximum Gasteiger partial charge on any atom is 0.287 e. The zero-order chi connectivity index (χ0) is 13.1. The van der Waals surface area contributed by atoms with E-state index in [2.05, 4.69) is 0 Å². The molecule has 0 amide bonds. The Morgan fingerprint density at radius 2 is 1.82 bits per heavy atom. The van der Waals surface area contributed by atoms with Crippen LogP contribution in [0.4, 0.5) is 8.78 Å². The number of benzene rings is 1.